The van der Waals surface area contributed by atoms with Gasteiger partial charge in [-0.3, -0.25) is 4.79 Å². The molecule has 0 aliphatic heterocycles. The van der Waals surface area contributed by atoms with Gasteiger partial charge in [-0.25, -0.2) is 9.78 Å². The second-order valence-corrected chi connectivity index (χ2v) is 5.42. The van der Waals surface area contributed by atoms with E-state index in [1.54, 1.807) is 31.2 Å². The van der Waals surface area contributed by atoms with Gasteiger partial charge in [0.2, 0.25) is 0 Å². The van der Waals surface area contributed by atoms with Crippen LogP contribution in [0.2, 0.25) is 0 Å². The highest BCUT2D eigenvalue weighted by Crippen LogP contribution is 2.19. The zero-order valence-corrected chi connectivity index (χ0v) is 13.6. The van der Waals surface area contributed by atoms with E-state index in [0.29, 0.717) is 10.9 Å². The molecule has 26 heavy (non-hydrogen) atoms. The van der Waals surface area contributed by atoms with Crippen molar-refractivity contribution in [3.8, 4) is 5.75 Å². The molecule has 0 aliphatic rings. The average molecular weight is 360 g/mol. The van der Waals surface area contributed by atoms with Crippen LogP contribution in [0.5, 0.6) is 5.75 Å². The number of nitrogens with zero attached hydrogens (tertiary/aromatic N) is 1. The van der Waals surface area contributed by atoms with Gasteiger partial charge in [-0.2, -0.15) is 8.78 Å². The van der Waals surface area contributed by atoms with Crippen LogP contribution in [0.4, 0.5) is 8.78 Å². The summed E-state index contributed by atoms with van der Waals surface area (Å²) in [6, 6.07) is 11.9. The zero-order valence-electron chi connectivity index (χ0n) is 13.6. The van der Waals surface area contributed by atoms with Crippen molar-refractivity contribution in [3.05, 3.63) is 70.3 Å². The number of fused-ring (bicyclic) bond motifs is 1. The van der Waals surface area contributed by atoms with Gasteiger partial charge in [-0.1, -0.05) is 12.1 Å². The van der Waals surface area contributed by atoms with Gasteiger partial charge in [-0.05, 0) is 43.3 Å². The smallest absolute Gasteiger partial charge is 0.387 e. The van der Waals surface area contributed by atoms with E-state index in [1.807, 2.05) is 0 Å². The van der Waals surface area contributed by atoms with Crippen LogP contribution >= 0.6 is 0 Å². The Morgan fingerprint density at radius 2 is 1.81 bits per heavy atom. The molecule has 0 saturated carbocycles. The van der Waals surface area contributed by atoms with Gasteiger partial charge in [0, 0.05) is 0 Å². The topological polar surface area (TPSA) is 81.3 Å². The molecule has 8 heteroatoms. The SMILES string of the molecule is C[C@H](OC(=O)c1ccc(OC(F)F)cc1)c1nc2ccccc2c(=O)[nH]1. The molecule has 0 radical (unpaired) electrons. The van der Waals surface area contributed by atoms with Crippen LogP contribution in [-0.4, -0.2) is 22.5 Å². The van der Waals surface area contributed by atoms with E-state index in [4.69, 9.17) is 4.74 Å². The molecule has 0 spiro atoms. The van der Waals surface area contributed by atoms with Gasteiger partial charge in [0.1, 0.15) is 5.75 Å². The first-order valence-electron chi connectivity index (χ1n) is 7.69. The molecule has 1 aromatic heterocycles. The van der Waals surface area contributed by atoms with Crippen molar-refractivity contribution in [2.75, 3.05) is 0 Å². The number of carbonyl (C=O) groups is 1. The average Bonchev–Trinajstić information content (AvgIpc) is 2.61. The Morgan fingerprint density at radius 1 is 1.12 bits per heavy atom. The molecule has 0 unspecified atom stereocenters. The molecule has 0 amide bonds. The predicted octanol–water partition coefficient (Wildman–Crippen LogP) is 3.44. The number of ether oxygens (including phenoxy) is 2. The van der Waals surface area contributed by atoms with E-state index in [1.165, 1.54) is 24.3 Å². The maximum absolute atomic E-state index is 12.2. The van der Waals surface area contributed by atoms with Crippen LogP contribution < -0.4 is 10.3 Å². The Hall–Kier alpha value is -3.29. The van der Waals surface area contributed by atoms with Gasteiger partial charge in [0.05, 0.1) is 16.5 Å². The lowest BCUT2D eigenvalue weighted by molar-refractivity contribution is -0.0498. The predicted molar refractivity (Wildman–Crippen MR) is 89.3 cm³/mol. The van der Waals surface area contributed by atoms with E-state index < -0.39 is 18.7 Å². The molecule has 6 nitrogen and oxygen atoms in total. The highest BCUT2D eigenvalue weighted by molar-refractivity contribution is 5.89. The molecule has 0 bridgehead atoms. The molecule has 0 saturated heterocycles. The zero-order chi connectivity index (χ0) is 18.7. The summed E-state index contributed by atoms with van der Waals surface area (Å²) in [5, 5.41) is 0.435. The van der Waals surface area contributed by atoms with Crippen LogP contribution in [0.15, 0.2) is 53.3 Å². The fraction of sp³-hybridized carbons (Fsp3) is 0.167. The Morgan fingerprint density at radius 3 is 2.50 bits per heavy atom. The summed E-state index contributed by atoms with van der Waals surface area (Å²) in [4.78, 5) is 31.1. The van der Waals surface area contributed by atoms with Crippen molar-refractivity contribution in [2.45, 2.75) is 19.6 Å². The summed E-state index contributed by atoms with van der Waals surface area (Å²) >= 11 is 0. The lowest BCUT2D eigenvalue weighted by Crippen LogP contribution is -2.17. The molecule has 1 N–H and O–H groups in total. The minimum atomic E-state index is -2.94. The molecular formula is C18H14F2N2O4. The quantitative estimate of drug-likeness (QED) is 0.705. The van der Waals surface area contributed by atoms with Crippen LogP contribution in [0.3, 0.4) is 0 Å². The number of benzene rings is 2. The second kappa shape index (κ2) is 7.30. The number of halogens is 2. The third-order valence-electron chi connectivity index (χ3n) is 3.62. The van der Waals surface area contributed by atoms with Crippen LogP contribution in [0, 0.1) is 0 Å². The Balaban J connectivity index is 1.76. The van der Waals surface area contributed by atoms with Crippen molar-refractivity contribution < 1.29 is 23.0 Å². The normalized spacial score (nSPS) is 12.2. The minimum Gasteiger partial charge on any atom is -0.451 e. The molecule has 0 fully saturated rings. The van der Waals surface area contributed by atoms with E-state index in [0.717, 1.165) is 0 Å². The Kier molecular flexibility index (Phi) is 4.92. The number of hydrogen-bond acceptors (Lipinski definition) is 5. The Labute approximate surface area is 146 Å². The first kappa shape index (κ1) is 17.5. The summed E-state index contributed by atoms with van der Waals surface area (Å²) in [5.41, 5.74) is 0.311. The largest absolute Gasteiger partial charge is 0.451 e. The van der Waals surface area contributed by atoms with Crippen LogP contribution in [-0.2, 0) is 4.74 Å². The lowest BCUT2D eigenvalue weighted by atomic mass is 10.2. The second-order valence-electron chi connectivity index (χ2n) is 5.42. The maximum atomic E-state index is 12.2. The van der Waals surface area contributed by atoms with Gasteiger partial charge in [-0.15, -0.1) is 0 Å². The number of hydrogen-bond donors (Lipinski definition) is 1. The molecular weight excluding hydrogens is 346 g/mol. The van der Waals surface area contributed by atoms with Crippen molar-refractivity contribution in [3.63, 3.8) is 0 Å². The number of alkyl halides is 2. The number of aromatic nitrogens is 2. The fourth-order valence-corrected chi connectivity index (χ4v) is 2.35. The van der Waals surface area contributed by atoms with Crippen LogP contribution in [0.1, 0.15) is 29.2 Å². The summed E-state index contributed by atoms with van der Waals surface area (Å²) in [6.07, 6.45) is -0.809. The molecule has 0 aliphatic carbocycles. The third-order valence-corrected chi connectivity index (χ3v) is 3.62. The van der Waals surface area contributed by atoms with Crippen molar-refractivity contribution in [2.24, 2.45) is 0 Å². The number of nitrogens with one attached hydrogen (secondary N) is 1. The number of rotatable bonds is 5. The minimum absolute atomic E-state index is 0.0647. The van der Waals surface area contributed by atoms with Crippen LogP contribution in [0.25, 0.3) is 10.9 Å². The van der Waals surface area contributed by atoms with E-state index in [-0.39, 0.29) is 22.7 Å². The maximum Gasteiger partial charge on any atom is 0.387 e. The molecule has 1 heterocycles. The standard InChI is InChI=1S/C18H14F2N2O4/c1-10(15-21-14-5-3-2-4-13(14)16(23)22-15)25-17(24)11-6-8-12(9-7-11)26-18(19)20/h2-10,18H,1H3,(H,21,22,23)/t10-/m0/s1. The number of H-pyrrole nitrogens is 1. The highest BCUT2D eigenvalue weighted by atomic mass is 19.3. The molecule has 1 atom stereocenters. The number of aromatic amines is 1. The number of para-hydroxylation sites is 1. The fourth-order valence-electron chi connectivity index (χ4n) is 2.35. The highest BCUT2D eigenvalue weighted by Gasteiger charge is 2.17. The van der Waals surface area contributed by atoms with E-state index in [2.05, 4.69) is 14.7 Å². The van der Waals surface area contributed by atoms with Gasteiger partial charge >= 0.3 is 12.6 Å². The van der Waals surface area contributed by atoms with E-state index >= 15 is 0 Å². The van der Waals surface area contributed by atoms with Crippen molar-refractivity contribution >= 4 is 16.9 Å². The lowest BCUT2D eigenvalue weighted by Gasteiger charge is -2.13. The van der Waals surface area contributed by atoms with Gasteiger partial charge in [0.25, 0.3) is 5.56 Å². The molecule has 2 aromatic carbocycles. The third kappa shape index (κ3) is 3.85. The van der Waals surface area contributed by atoms with E-state index in [9.17, 15) is 18.4 Å². The Bertz CT molecular complexity index is 986. The summed E-state index contributed by atoms with van der Waals surface area (Å²) < 4.78 is 33.8. The van der Waals surface area contributed by atoms with Gasteiger partial charge < -0.3 is 14.5 Å². The number of esters is 1. The van der Waals surface area contributed by atoms with Crippen molar-refractivity contribution in [1.82, 2.24) is 9.97 Å². The molecule has 3 rings (SSSR count). The summed E-state index contributed by atoms with van der Waals surface area (Å²) in [7, 11) is 0. The first-order chi connectivity index (χ1) is 12.4. The molecule has 134 valence electrons. The monoisotopic (exact) mass is 360 g/mol. The van der Waals surface area contributed by atoms with Crippen molar-refractivity contribution in [1.29, 1.82) is 0 Å². The summed E-state index contributed by atoms with van der Waals surface area (Å²) in [5.74, 6) is -0.540. The number of carbonyl (C=O) groups excluding carboxylic acids is 1. The first-order valence-corrected chi connectivity index (χ1v) is 7.69. The van der Waals surface area contributed by atoms with Gasteiger partial charge in [0.15, 0.2) is 11.9 Å². The summed E-state index contributed by atoms with van der Waals surface area (Å²) in [6.45, 7) is -1.37. The molecule has 3 aromatic rings.